The van der Waals surface area contributed by atoms with Crippen LogP contribution in [0.15, 0.2) is 24.3 Å². The predicted molar refractivity (Wildman–Crippen MR) is 61.8 cm³/mol. The van der Waals surface area contributed by atoms with Gasteiger partial charge in [0.25, 0.3) is 5.91 Å². The van der Waals surface area contributed by atoms with Crippen molar-refractivity contribution >= 4 is 5.91 Å². The van der Waals surface area contributed by atoms with E-state index in [-0.39, 0.29) is 12.1 Å². The van der Waals surface area contributed by atoms with Gasteiger partial charge in [-0.3, -0.25) is 4.79 Å². The average molecular weight is 277 g/mol. The van der Waals surface area contributed by atoms with Gasteiger partial charge in [0.05, 0.1) is 6.10 Å². The first-order chi connectivity index (χ1) is 8.81. The smallest absolute Gasteiger partial charge is 0.406 e. The summed E-state index contributed by atoms with van der Waals surface area (Å²) in [7, 11) is 0. The second-order valence-electron chi connectivity index (χ2n) is 3.84. The van der Waals surface area contributed by atoms with Gasteiger partial charge in [-0.1, -0.05) is 6.92 Å². The molecule has 1 rings (SSSR count). The molecule has 0 fully saturated rings. The van der Waals surface area contributed by atoms with E-state index >= 15 is 0 Å². The molecular formula is C12H14F3NO3. The number of hydrogen-bond donors (Lipinski definition) is 2. The molecule has 0 spiro atoms. The Hall–Kier alpha value is -1.76. The number of ether oxygens (including phenoxy) is 1. The van der Waals surface area contributed by atoms with E-state index in [1.165, 1.54) is 12.1 Å². The van der Waals surface area contributed by atoms with Gasteiger partial charge in [0, 0.05) is 12.1 Å². The lowest BCUT2D eigenvalue weighted by Gasteiger charge is -2.11. The van der Waals surface area contributed by atoms with Crippen LogP contribution >= 0.6 is 0 Å². The Balaban J connectivity index is 2.58. The van der Waals surface area contributed by atoms with E-state index in [9.17, 15) is 23.1 Å². The molecule has 0 saturated carbocycles. The molecule has 0 aromatic heterocycles. The Morgan fingerprint density at radius 2 is 1.95 bits per heavy atom. The fraction of sp³-hybridized carbons (Fsp3) is 0.417. The number of amides is 1. The molecule has 1 atom stereocenters. The van der Waals surface area contributed by atoms with Gasteiger partial charge in [-0.2, -0.15) is 0 Å². The van der Waals surface area contributed by atoms with Crippen LogP contribution in [0.25, 0.3) is 0 Å². The number of hydrogen-bond acceptors (Lipinski definition) is 3. The molecular weight excluding hydrogens is 263 g/mol. The summed E-state index contributed by atoms with van der Waals surface area (Å²) in [6.07, 6.45) is -4.90. The third-order valence-corrected chi connectivity index (χ3v) is 2.32. The fourth-order valence-electron chi connectivity index (χ4n) is 1.26. The molecule has 0 bridgehead atoms. The van der Waals surface area contributed by atoms with E-state index in [0.29, 0.717) is 6.42 Å². The van der Waals surface area contributed by atoms with E-state index < -0.39 is 24.1 Å². The third kappa shape index (κ3) is 5.60. The summed E-state index contributed by atoms with van der Waals surface area (Å²) in [5.74, 6) is -0.858. The Morgan fingerprint density at radius 3 is 2.42 bits per heavy atom. The third-order valence-electron chi connectivity index (χ3n) is 2.32. The first-order valence-corrected chi connectivity index (χ1v) is 5.64. The van der Waals surface area contributed by atoms with E-state index in [4.69, 9.17) is 0 Å². The minimum atomic E-state index is -4.75. The molecule has 1 aromatic carbocycles. The summed E-state index contributed by atoms with van der Waals surface area (Å²) in [6.45, 7) is 1.86. The molecule has 0 aliphatic rings. The second-order valence-corrected chi connectivity index (χ2v) is 3.84. The average Bonchev–Trinajstić information content (AvgIpc) is 2.34. The van der Waals surface area contributed by atoms with Crippen LogP contribution in [-0.2, 0) is 0 Å². The number of carbonyl (C=O) groups is 1. The van der Waals surface area contributed by atoms with Gasteiger partial charge in [-0.25, -0.2) is 0 Å². The first-order valence-electron chi connectivity index (χ1n) is 5.64. The van der Waals surface area contributed by atoms with Crippen molar-refractivity contribution in [2.45, 2.75) is 25.8 Å². The van der Waals surface area contributed by atoms with Crippen molar-refractivity contribution in [3.05, 3.63) is 29.8 Å². The minimum Gasteiger partial charge on any atom is -0.406 e. The van der Waals surface area contributed by atoms with Gasteiger partial charge in [0.2, 0.25) is 0 Å². The number of aliphatic hydroxyl groups excluding tert-OH is 1. The number of halogens is 3. The van der Waals surface area contributed by atoms with Crippen molar-refractivity contribution in [2.75, 3.05) is 6.54 Å². The summed E-state index contributed by atoms with van der Waals surface area (Å²) in [5.41, 5.74) is 0.192. The number of rotatable bonds is 5. The number of nitrogens with one attached hydrogen (secondary N) is 1. The van der Waals surface area contributed by atoms with Crippen molar-refractivity contribution in [1.82, 2.24) is 5.32 Å². The van der Waals surface area contributed by atoms with Gasteiger partial charge in [-0.15, -0.1) is 13.2 Å². The Morgan fingerprint density at radius 1 is 1.37 bits per heavy atom. The zero-order chi connectivity index (χ0) is 14.5. The lowest BCUT2D eigenvalue weighted by molar-refractivity contribution is -0.274. The van der Waals surface area contributed by atoms with Gasteiger partial charge in [0.1, 0.15) is 5.75 Å². The van der Waals surface area contributed by atoms with E-state index in [1.54, 1.807) is 6.92 Å². The maximum absolute atomic E-state index is 11.9. The van der Waals surface area contributed by atoms with E-state index in [2.05, 4.69) is 10.1 Å². The summed E-state index contributed by atoms with van der Waals surface area (Å²) in [6, 6.07) is 4.54. The highest BCUT2D eigenvalue weighted by Crippen LogP contribution is 2.22. The highest BCUT2D eigenvalue weighted by molar-refractivity contribution is 5.94. The van der Waals surface area contributed by atoms with Gasteiger partial charge >= 0.3 is 6.36 Å². The number of carbonyl (C=O) groups excluding carboxylic acids is 1. The zero-order valence-corrected chi connectivity index (χ0v) is 10.2. The number of aliphatic hydroxyl groups is 1. The van der Waals surface area contributed by atoms with Crippen molar-refractivity contribution in [1.29, 1.82) is 0 Å². The summed E-state index contributed by atoms with van der Waals surface area (Å²) < 4.78 is 39.4. The topological polar surface area (TPSA) is 58.6 Å². The maximum Gasteiger partial charge on any atom is 0.573 e. The molecule has 0 heterocycles. The van der Waals surface area contributed by atoms with Gasteiger partial charge in [-0.05, 0) is 30.7 Å². The monoisotopic (exact) mass is 277 g/mol. The molecule has 1 amide bonds. The molecule has 4 nitrogen and oxygen atoms in total. The highest BCUT2D eigenvalue weighted by atomic mass is 19.4. The summed E-state index contributed by atoms with van der Waals surface area (Å²) >= 11 is 0. The lowest BCUT2D eigenvalue weighted by Crippen LogP contribution is -2.31. The van der Waals surface area contributed by atoms with Crippen molar-refractivity contribution in [3.63, 3.8) is 0 Å². The van der Waals surface area contributed by atoms with Crippen LogP contribution in [0.5, 0.6) is 5.75 Å². The summed E-state index contributed by atoms with van der Waals surface area (Å²) in [5, 5.41) is 11.7. The molecule has 7 heteroatoms. The normalized spacial score (nSPS) is 12.9. The van der Waals surface area contributed by atoms with Crippen LogP contribution in [0.4, 0.5) is 13.2 Å². The molecule has 19 heavy (non-hydrogen) atoms. The Bertz CT molecular complexity index is 417. The Labute approximate surface area is 108 Å². The van der Waals surface area contributed by atoms with Crippen LogP contribution in [-0.4, -0.2) is 30.0 Å². The van der Waals surface area contributed by atoms with E-state index in [1.807, 2.05) is 0 Å². The fourth-order valence-corrected chi connectivity index (χ4v) is 1.26. The Kier molecular flexibility index (Phi) is 5.17. The van der Waals surface area contributed by atoms with Crippen LogP contribution in [0.3, 0.4) is 0 Å². The second kappa shape index (κ2) is 6.42. The lowest BCUT2D eigenvalue weighted by atomic mass is 10.2. The van der Waals surface area contributed by atoms with Crippen LogP contribution < -0.4 is 10.1 Å². The van der Waals surface area contributed by atoms with Gasteiger partial charge in [0.15, 0.2) is 0 Å². The van der Waals surface area contributed by atoms with E-state index in [0.717, 1.165) is 12.1 Å². The molecule has 0 saturated heterocycles. The first kappa shape index (κ1) is 15.3. The molecule has 106 valence electrons. The predicted octanol–water partition coefficient (Wildman–Crippen LogP) is 2.09. The van der Waals surface area contributed by atoms with Crippen molar-refractivity contribution < 1.29 is 27.8 Å². The standard InChI is InChI=1S/C12H14F3NO3/c1-2-9(17)7-16-11(18)8-3-5-10(6-4-8)19-12(13,14)15/h3-6,9,17H,2,7H2,1H3,(H,16,18). The SMILES string of the molecule is CCC(O)CNC(=O)c1ccc(OC(F)(F)F)cc1. The molecule has 0 radical (unpaired) electrons. The number of alkyl halides is 3. The van der Waals surface area contributed by atoms with Crippen LogP contribution in [0, 0.1) is 0 Å². The quantitative estimate of drug-likeness (QED) is 0.866. The molecule has 0 aliphatic heterocycles. The maximum atomic E-state index is 11.9. The van der Waals surface area contributed by atoms with Crippen molar-refractivity contribution in [3.8, 4) is 5.75 Å². The van der Waals surface area contributed by atoms with Gasteiger partial charge < -0.3 is 15.2 Å². The molecule has 1 aromatic rings. The minimum absolute atomic E-state index is 0.0934. The van der Waals surface area contributed by atoms with Crippen LogP contribution in [0.1, 0.15) is 23.7 Å². The van der Waals surface area contributed by atoms with Crippen LogP contribution in [0.2, 0.25) is 0 Å². The largest absolute Gasteiger partial charge is 0.573 e. The van der Waals surface area contributed by atoms with Crippen molar-refractivity contribution in [2.24, 2.45) is 0 Å². The highest BCUT2D eigenvalue weighted by Gasteiger charge is 2.31. The zero-order valence-electron chi connectivity index (χ0n) is 10.2. The summed E-state index contributed by atoms with van der Waals surface area (Å²) in [4.78, 5) is 11.6. The molecule has 1 unspecified atom stereocenters. The number of benzene rings is 1. The molecule has 2 N–H and O–H groups in total. The molecule has 0 aliphatic carbocycles.